The normalized spacial score (nSPS) is 40.4. The summed E-state index contributed by atoms with van der Waals surface area (Å²) in [5.41, 5.74) is 0. The zero-order valence-electron chi connectivity index (χ0n) is 10.1. The van der Waals surface area contributed by atoms with E-state index in [2.05, 4.69) is 13.2 Å². The lowest BCUT2D eigenvalue weighted by molar-refractivity contribution is -0.242. The van der Waals surface area contributed by atoms with Crippen LogP contribution in [0.5, 0.6) is 0 Å². The van der Waals surface area contributed by atoms with Crippen molar-refractivity contribution in [3.8, 4) is 0 Å². The van der Waals surface area contributed by atoms with Gasteiger partial charge in [-0.15, -0.1) is 13.2 Å². The third kappa shape index (κ3) is 3.17. The first-order valence-electron chi connectivity index (χ1n) is 5.71. The van der Waals surface area contributed by atoms with E-state index < -0.39 is 36.6 Å². The molecule has 0 bridgehead atoms. The van der Waals surface area contributed by atoms with Crippen molar-refractivity contribution in [2.75, 3.05) is 13.2 Å². The molecule has 0 radical (unpaired) electrons. The Bertz CT molecular complexity index is 254. The Morgan fingerprint density at radius 2 is 1.06 bits per heavy atom. The van der Waals surface area contributed by atoms with Gasteiger partial charge in [-0.1, -0.05) is 12.2 Å². The van der Waals surface area contributed by atoms with E-state index in [-0.39, 0.29) is 13.2 Å². The van der Waals surface area contributed by atoms with Crippen molar-refractivity contribution in [2.45, 2.75) is 36.6 Å². The number of aliphatic hydroxyl groups excluding tert-OH is 4. The molecule has 104 valence electrons. The summed E-state index contributed by atoms with van der Waals surface area (Å²) in [5, 5.41) is 38.8. The van der Waals surface area contributed by atoms with Crippen molar-refractivity contribution in [1.29, 1.82) is 0 Å². The summed E-state index contributed by atoms with van der Waals surface area (Å²) < 4.78 is 10.6. The molecule has 6 heteroatoms. The van der Waals surface area contributed by atoms with Crippen LogP contribution in [0.15, 0.2) is 25.3 Å². The Kier molecular flexibility index (Phi) is 5.94. The molecule has 0 heterocycles. The van der Waals surface area contributed by atoms with Crippen LogP contribution in [0, 0.1) is 0 Å². The molecule has 1 aliphatic rings. The minimum atomic E-state index is -1.49. The van der Waals surface area contributed by atoms with E-state index in [1.807, 2.05) is 0 Å². The molecule has 0 saturated heterocycles. The van der Waals surface area contributed by atoms with Crippen molar-refractivity contribution >= 4 is 0 Å². The highest BCUT2D eigenvalue weighted by atomic mass is 16.6. The van der Waals surface area contributed by atoms with Crippen molar-refractivity contribution in [1.82, 2.24) is 0 Å². The van der Waals surface area contributed by atoms with Gasteiger partial charge in [0, 0.05) is 0 Å². The van der Waals surface area contributed by atoms with Gasteiger partial charge in [0.2, 0.25) is 0 Å². The quantitative estimate of drug-likeness (QED) is 0.438. The summed E-state index contributed by atoms with van der Waals surface area (Å²) in [6.07, 6.45) is -4.62. The molecular weight excluding hydrogens is 240 g/mol. The average molecular weight is 260 g/mol. The summed E-state index contributed by atoms with van der Waals surface area (Å²) in [6, 6.07) is 0. The lowest BCUT2D eigenvalue weighted by atomic mass is 9.84. The molecule has 1 aliphatic carbocycles. The standard InChI is InChI=1S/C12H20O6/c1-3-5-17-11-9(15)7(13)8(14)10(16)12(11)18-6-4-2/h3-4,7-16H,1-2,5-6H2/t7-,8-,9-,10-,11+,12+/m0/s1. The third-order valence-corrected chi connectivity index (χ3v) is 2.86. The first-order valence-corrected chi connectivity index (χ1v) is 5.71. The molecule has 18 heavy (non-hydrogen) atoms. The van der Waals surface area contributed by atoms with E-state index in [1.165, 1.54) is 12.2 Å². The zero-order chi connectivity index (χ0) is 13.7. The minimum Gasteiger partial charge on any atom is -0.387 e. The Morgan fingerprint density at radius 3 is 1.33 bits per heavy atom. The maximum Gasteiger partial charge on any atom is 0.115 e. The Hall–Kier alpha value is -0.760. The highest BCUT2D eigenvalue weighted by Gasteiger charge is 2.50. The van der Waals surface area contributed by atoms with Gasteiger partial charge in [0.15, 0.2) is 0 Å². The topological polar surface area (TPSA) is 99.4 Å². The molecule has 1 rings (SSSR count). The second-order valence-electron chi connectivity index (χ2n) is 4.14. The number of ether oxygens (including phenoxy) is 2. The monoisotopic (exact) mass is 260 g/mol. The van der Waals surface area contributed by atoms with Crippen LogP contribution in [0.3, 0.4) is 0 Å². The van der Waals surface area contributed by atoms with E-state index >= 15 is 0 Å². The number of aliphatic hydroxyl groups is 4. The first kappa shape index (κ1) is 15.3. The van der Waals surface area contributed by atoms with Crippen LogP contribution in [0.1, 0.15) is 0 Å². The van der Waals surface area contributed by atoms with Crippen LogP contribution in [0.4, 0.5) is 0 Å². The van der Waals surface area contributed by atoms with Gasteiger partial charge in [-0.25, -0.2) is 0 Å². The van der Waals surface area contributed by atoms with Crippen molar-refractivity contribution in [3.63, 3.8) is 0 Å². The van der Waals surface area contributed by atoms with Crippen LogP contribution >= 0.6 is 0 Å². The fourth-order valence-electron chi connectivity index (χ4n) is 1.93. The second-order valence-corrected chi connectivity index (χ2v) is 4.14. The molecule has 0 aromatic rings. The SMILES string of the molecule is C=CCO[C@@H]1[C@@H](O)[C@@H](O)[C@H](O)[C@H](O)[C@H]1OCC=C. The van der Waals surface area contributed by atoms with Crippen LogP contribution in [-0.4, -0.2) is 70.3 Å². The lowest BCUT2D eigenvalue weighted by Gasteiger charge is -2.43. The fraction of sp³-hybridized carbons (Fsp3) is 0.667. The van der Waals surface area contributed by atoms with Gasteiger partial charge < -0.3 is 29.9 Å². The molecule has 0 amide bonds. The summed E-state index contributed by atoms with van der Waals surface area (Å²) in [5.74, 6) is 0. The van der Waals surface area contributed by atoms with Gasteiger partial charge in [0.05, 0.1) is 13.2 Å². The molecule has 0 spiro atoms. The second kappa shape index (κ2) is 6.98. The average Bonchev–Trinajstić information content (AvgIpc) is 2.38. The molecule has 0 aromatic carbocycles. The number of rotatable bonds is 6. The molecular formula is C12H20O6. The predicted molar refractivity (Wildman–Crippen MR) is 63.9 cm³/mol. The number of hydrogen-bond acceptors (Lipinski definition) is 6. The summed E-state index contributed by atoms with van der Waals surface area (Å²) in [7, 11) is 0. The summed E-state index contributed by atoms with van der Waals surface area (Å²) >= 11 is 0. The fourth-order valence-corrected chi connectivity index (χ4v) is 1.93. The van der Waals surface area contributed by atoms with E-state index in [0.29, 0.717) is 0 Å². The smallest absolute Gasteiger partial charge is 0.115 e. The van der Waals surface area contributed by atoms with Gasteiger partial charge >= 0.3 is 0 Å². The summed E-state index contributed by atoms with van der Waals surface area (Å²) in [4.78, 5) is 0. The van der Waals surface area contributed by atoms with Crippen molar-refractivity contribution in [3.05, 3.63) is 25.3 Å². The molecule has 0 unspecified atom stereocenters. The lowest BCUT2D eigenvalue weighted by Crippen LogP contribution is -2.65. The predicted octanol–water partition coefficient (Wildman–Crippen LogP) is -1.41. The zero-order valence-corrected chi connectivity index (χ0v) is 10.1. The molecule has 4 N–H and O–H groups in total. The molecule has 0 aromatic heterocycles. The maximum absolute atomic E-state index is 9.84. The largest absolute Gasteiger partial charge is 0.387 e. The van der Waals surface area contributed by atoms with Crippen molar-refractivity contribution < 1.29 is 29.9 Å². The van der Waals surface area contributed by atoms with Gasteiger partial charge in [0.25, 0.3) is 0 Å². The molecule has 1 saturated carbocycles. The van der Waals surface area contributed by atoms with Crippen LogP contribution in [0.2, 0.25) is 0 Å². The first-order chi connectivity index (χ1) is 8.54. The Labute approximate surface area is 106 Å². The van der Waals surface area contributed by atoms with Crippen molar-refractivity contribution in [2.24, 2.45) is 0 Å². The van der Waals surface area contributed by atoms with Gasteiger partial charge in [-0.2, -0.15) is 0 Å². The summed E-state index contributed by atoms with van der Waals surface area (Å²) in [6.45, 7) is 7.20. The number of hydrogen-bond donors (Lipinski definition) is 4. The van der Waals surface area contributed by atoms with E-state index in [0.717, 1.165) is 0 Å². The van der Waals surface area contributed by atoms with Crippen LogP contribution in [0.25, 0.3) is 0 Å². The highest BCUT2D eigenvalue weighted by molar-refractivity contribution is 5.00. The molecule has 1 fully saturated rings. The van der Waals surface area contributed by atoms with Crippen LogP contribution in [-0.2, 0) is 9.47 Å². The molecule has 6 atom stereocenters. The van der Waals surface area contributed by atoms with E-state index in [4.69, 9.17) is 9.47 Å². The Morgan fingerprint density at radius 1 is 0.722 bits per heavy atom. The van der Waals surface area contributed by atoms with E-state index in [1.54, 1.807) is 0 Å². The minimum absolute atomic E-state index is 0.130. The maximum atomic E-state index is 9.84. The Balaban J connectivity index is 2.82. The third-order valence-electron chi connectivity index (χ3n) is 2.86. The van der Waals surface area contributed by atoms with Gasteiger partial charge in [0.1, 0.15) is 36.6 Å². The van der Waals surface area contributed by atoms with Gasteiger partial charge in [-0.05, 0) is 0 Å². The van der Waals surface area contributed by atoms with Crippen LogP contribution < -0.4 is 0 Å². The molecule has 6 nitrogen and oxygen atoms in total. The highest BCUT2D eigenvalue weighted by Crippen LogP contribution is 2.26. The van der Waals surface area contributed by atoms with E-state index in [9.17, 15) is 20.4 Å². The van der Waals surface area contributed by atoms with Gasteiger partial charge in [-0.3, -0.25) is 0 Å². The molecule has 0 aliphatic heterocycles.